The van der Waals surface area contributed by atoms with Crippen LogP contribution in [0.2, 0.25) is 0 Å². The lowest BCUT2D eigenvalue weighted by Gasteiger charge is -2.33. The molecular formula is C12H22N2O3. The molecule has 1 rings (SSSR count). The smallest absolute Gasteiger partial charge is 0.317 e. The fourth-order valence-corrected chi connectivity index (χ4v) is 2.34. The molecule has 0 unspecified atom stereocenters. The van der Waals surface area contributed by atoms with Crippen molar-refractivity contribution in [2.45, 2.75) is 51.5 Å². The Balaban J connectivity index is 2.37. The van der Waals surface area contributed by atoms with E-state index >= 15 is 0 Å². The molecule has 0 bridgehead atoms. The summed E-state index contributed by atoms with van der Waals surface area (Å²) in [5, 5.41) is 11.2. The molecule has 5 nitrogen and oxygen atoms in total. The summed E-state index contributed by atoms with van der Waals surface area (Å²) in [6, 6.07) is 0.208. The molecule has 0 radical (unpaired) electrons. The first-order chi connectivity index (χ1) is 8.15. The highest BCUT2D eigenvalue weighted by Crippen LogP contribution is 2.22. The maximum Gasteiger partial charge on any atom is 0.317 e. The van der Waals surface area contributed by atoms with Gasteiger partial charge in [0.25, 0.3) is 0 Å². The Kier molecular flexibility index (Phi) is 5.80. The van der Waals surface area contributed by atoms with Gasteiger partial charge in [-0.3, -0.25) is 4.79 Å². The molecule has 0 aromatic carbocycles. The van der Waals surface area contributed by atoms with Gasteiger partial charge in [0.15, 0.2) is 0 Å². The summed E-state index contributed by atoms with van der Waals surface area (Å²) >= 11 is 0. The van der Waals surface area contributed by atoms with Gasteiger partial charge in [0, 0.05) is 19.1 Å². The van der Waals surface area contributed by atoms with Gasteiger partial charge in [-0.15, -0.1) is 0 Å². The zero-order valence-corrected chi connectivity index (χ0v) is 10.4. The first-order valence-corrected chi connectivity index (χ1v) is 6.41. The van der Waals surface area contributed by atoms with Gasteiger partial charge >= 0.3 is 12.0 Å². The van der Waals surface area contributed by atoms with Crippen molar-refractivity contribution in [2.24, 2.45) is 0 Å². The lowest BCUT2D eigenvalue weighted by atomic mass is 9.94. The van der Waals surface area contributed by atoms with Crippen LogP contribution >= 0.6 is 0 Å². The molecule has 0 spiro atoms. The van der Waals surface area contributed by atoms with Crippen LogP contribution in [-0.4, -0.2) is 41.1 Å². The lowest BCUT2D eigenvalue weighted by Crippen LogP contribution is -2.47. The van der Waals surface area contributed by atoms with Gasteiger partial charge in [-0.2, -0.15) is 0 Å². The molecule has 1 aliphatic rings. The Morgan fingerprint density at radius 2 is 1.94 bits per heavy atom. The molecule has 17 heavy (non-hydrogen) atoms. The van der Waals surface area contributed by atoms with Crippen LogP contribution in [0.25, 0.3) is 0 Å². The second-order valence-electron chi connectivity index (χ2n) is 4.45. The maximum atomic E-state index is 11.9. The summed E-state index contributed by atoms with van der Waals surface area (Å²) in [6.07, 6.45) is 5.75. The molecule has 0 aromatic heterocycles. The van der Waals surface area contributed by atoms with E-state index in [9.17, 15) is 9.59 Å². The SMILES string of the molecule is CCN(C(=O)NCCC(=O)O)C1CCCCC1. The van der Waals surface area contributed by atoms with Crippen LogP contribution in [0, 0.1) is 0 Å². The number of hydrogen-bond acceptors (Lipinski definition) is 2. The molecule has 0 saturated heterocycles. The van der Waals surface area contributed by atoms with E-state index in [0.29, 0.717) is 12.6 Å². The largest absolute Gasteiger partial charge is 0.481 e. The first kappa shape index (κ1) is 13.8. The number of carbonyl (C=O) groups is 2. The minimum atomic E-state index is -0.883. The molecule has 2 N–H and O–H groups in total. The molecule has 2 amide bonds. The number of rotatable bonds is 5. The van der Waals surface area contributed by atoms with Crippen molar-refractivity contribution in [2.75, 3.05) is 13.1 Å². The highest BCUT2D eigenvalue weighted by molar-refractivity contribution is 5.75. The minimum absolute atomic E-state index is 0.0199. The number of aliphatic carboxylic acids is 1. The molecule has 1 aliphatic carbocycles. The third kappa shape index (κ3) is 4.63. The van der Waals surface area contributed by atoms with Crippen molar-refractivity contribution >= 4 is 12.0 Å². The number of amides is 2. The van der Waals surface area contributed by atoms with Gasteiger partial charge in [0.05, 0.1) is 6.42 Å². The van der Waals surface area contributed by atoms with Crippen molar-refractivity contribution in [1.29, 1.82) is 0 Å². The van der Waals surface area contributed by atoms with Crippen LogP contribution in [0.5, 0.6) is 0 Å². The Morgan fingerprint density at radius 1 is 1.29 bits per heavy atom. The second-order valence-corrected chi connectivity index (χ2v) is 4.45. The number of carbonyl (C=O) groups excluding carboxylic acids is 1. The Bertz CT molecular complexity index is 262. The molecule has 98 valence electrons. The number of carboxylic acids is 1. The Labute approximate surface area is 102 Å². The van der Waals surface area contributed by atoms with Crippen LogP contribution in [-0.2, 0) is 4.79 Å². The van der Waals surface area contributed by atoms with E-state index in [0.717, 1.165) is 12.8 Å². The summed E-state index contributed by atoms with van der Waals surface area (Å²) < 4.78 is 0. The van der Waals surface area contributed by atoms with Gasteiger partial charge in [-0.05, 0) is 19.8 Å². The molecule has 0 heterocycles. The molecule has 0 atom stereocenters. The number of nitrogens with one attached hydrogen (secondary N) is 1. The lowest BCUT2D eigenvalue weighted by molar-refractivity contribution is -0.136. The monoisotopic (exact) mass is 242 g/mol. The van der Waals surface area contributed by atoms with E-state index in [1.807, 2.05) is 11.8 Å². The summed E-state index contributed by atoms with van der Waals surface area (Å²) in [4.78, 5) is 24.1. The third-order valence-electron chi connectivity index (χ3n) is 3.23. The fourth-order valence-electron chi connectivity index (χ4n) is 2.34. The number of hydrogen-bond donors (Lipinski definition) is 2. The molecule has 1 fully saturated rings. The van der Waals surface area contributed by atoms with Crippen LogP contribution in [0.1, 0.15) is 45.4 Å². The fraction of sp³-hybridized carbons (Fsp3) is 0.833. The van der Waals surface area contributed by atoms with Crippen molar-refractivity contribution in [3.8, 4) is 0 Å². The molecule has 0 aromatic rings. The molecular weight excluding hydrogens is 220 g/mol. The van der Waals surface area contributed by atoms with Crippen LogP contribution in [0.3, 0.4) is 0 Å². The van der Waals surface area contributed by atoms with E-state index in [4.69, 9.17) is 5.11 Å². The summed E-state index contributed by atoms with van der Waals surface area (Å²) in [7, 11) is 0. The zero-order chi connectivity index (χ0) is 12.7. The average molecular weight is 242 g/mol. The quantitative estimate of drug-likeness (QED) is 0.772. The van der Waals surface area contributed by atoms with E-state index in [1.165, 1.54) is 19.3 Å². The predicted octanol–water partition coefficient (Wildman–Crippen LogP) is 1.83. The van der Waals surface area contributed by atoms with Crippen molar-refractivity contribution in [1.82, 2.24) is 10.2 Å². The zero-order valence-electron chi connectivity index (χ0n) is 10.4. The maximum absolute atomic E-state index is 11.9. The Morgan fingerprint density at radius 3 is 2.47 bits per heavy atom. The summed E-state index contributed by atoms with van der Waals surface area (Å²) in [5.41, 5.74) is 0. The van der Waals surface area contributed by atoms with E-state index in [-0.39, 0.29) is 19.0 Å². The van der Waals surface area contributed by atoms with Gasteiger partial charge in [-0.25, -0.2) is 4.79 Å². The number of carboxylic acid groups (broad SMARTS) is 1. The van der Waals surface area contributed by atoms with Crippen LogP contribution in [0.15, 0.2) is 0 Å². The normalized spacial score (nSPS) is 16.5. The summed E-state index contributed by atoms with van der Waals surface area (Å²) in [5.74, 6) is -0.883. The van der Waals surface area contributed by atoms with E-state index < -0.39 is 5.97 Å². The van der Waals surface area contributed by atoms with E-state index in [2.05, 4.69) is 5.32 Å². The van der Waals surface area contributed by atoms with Crippen molar-refractivity contribution in [3.05, 3.63) is 0 Å². The van der Waals surface area contributed by atoms with Crippen LogP contribution < -0.4 is 5.32 Å². The van der Waals surface area contributed by atoms with Gasteiger partial charge in [-0.1, -0.05) is 19.3 Å². The minimum Gasteiger partial charge on any atom is -0.481 e. The van der Waals surface area contributed by atoms with Crippen molar-refractivity contribution in [3.63, 3.8) is 0 Å². The number of nitrogens with zero attached hydrogens (tertiary/aromatic N) is 1. The van der Waals surface area contributed by atoms with Gasteiger partial charge < -0.3 is 15.3 Å². The predicted molar refractivity (Wildman–Crippen MR) is 64.9 cm³/mol. The molecule has 5 heteroatoms. The molecule has 1 saturated carbocycles. The van der Waals surface area contributed by atoms with E-state index in [1.54, 1.807) is 0 Å². The second kappa shape index (κ2) is 7.14. The first-order valence-electron chi connectivity index (χ1n) is 6.41. The standard InChI is InChI=1S/C12H22N2O3/c1-2-14(10-6-4-3-5-7-10)12(17)13-9-8-11(15)16/h10H,2-9H2,1H3,(H,13,17)(H,15,16). The highest BCUT2D eigenvalue weighted by atomic mass is 16.4. The third-order valence-corrected chi connectivity index (χ3v) is 3.23. The van der Waals surface area contributed by atoms with Crippen LogP contribution in [0.4, 0.5) is 4.79 Å². The number of urea groups is 1. The van der Waals surface area contributed by atoms with Gasteiger partial charge in [0.2, 0.25) is 0 Å². The highest BCUT2D eigenvalue weighted by Gasteiger charge is 2.23. The summed E-state index contributed by atoms with van der Waals surface area (Å²) in [6.45, 7) is 2.85. The van der Waals surface area contributed by atoms with Crippen molar-refractivity contribution < 1.29 is 14.7 Å². The van der Waals surface area contributed by atoms with Gasteiger partial charge in [0.1, 0.15) is 0 Å². The average Bonchev–Trinajstić information content (AvgIpc) is 2.31. The topological polar surface area (TPSA) is 69.6 Å². The molecule has 0 aliphatic heterocycles. The Hall–Kier alpha value is -1.26.